The molecule has 0 spiro atoms. The minimum Gasteiger partial charge on any atom is -0.494 e. The Kier molecular flexibility index (Phi) is 8.13. The van der Waals surface area contributed by atoms with Gasteiger partial charge in [-0.25, -0.2) is 23.5 Å². The Morgan fingerprint density at radius 1 is 1.11 bits per heavy atom. The van der Waals surface area contributed by atoms with Crippen LogP contribution in [0.2, 0.25) is 0 Å². The van der Waals surface area contributed by atoms with Crippen molar-refractivity contribution in [3.63, 3.8) is 0 Å². The van der Waals surface area contributed by atoms with Crippen LogP contribution in [0.5, 0.6) is 5.75 Å². The average molecular weight is 529 g/mol. The van der Waals surface area contributed by atoms with Gasteiger partial charge in [-0.15, -0.1) is 0 Å². The summed E-state index contributed by atoms with van der Waals surface area (Å²) >= 11 is 0. The summed E-state index contributed by atoms with van der Waals surface area (Å²) in [5, 5.41) is 7.60. The Hall–Kier alpha value is -3.76. The molecule has 1 aromatic carbocycles. The molecule has 3 aromatic rings. The molecule has 0 atom stereocenters. The number of aryl methyl sites for hydroxylation is 2. The number of rotatable bonds is 7. The van der Waals surface area contributed by atoms with Crippen molar-refractivity contribution < 1.29 is 23.0 Å². The highest BCUT2D eigenvalue weighted by Crippen LogP contribution is 2.28. The number of likely N-dealkylation sites (tertiary alicyclic amines) is 1. The number of nitrogens with zero attached hydrogens (tertiary/aromatic N) is 5. The third-order valence-electron chi connectivity index (χ3n) is 6.38. The average Bonchev–Trinajstić information content (AvgIpc) is 3.34. The highest BCUT2D eigenvalue weighted by Gasteiger charge is 2.28. The lowest BCUT2D eigenvalue weighted by Gasteiger charge is -2.33. The monoisotopic (exact) mass is 528 g/mol. The number of halogens is 2. The zero-order chi connectivity index (χ0) is 27.4. The van der Waals surface area contributed by atoms with Gasteiger partial charge < -0.3 is 19.7 Å². The van der Waals surface area contributed by atoms with Crippen LogP contribution in [0.1, 0.15) is 56.3 Å². The predicted octanol–water partition coefficient (Wildman–Crippen LogP) is 5.37. The van der Waals surface area contributed by atoms with E-state index < -0.39 is 17.2 Å². The fourth-order valence-electron chi connectivity index (χ4n) is 4.36. The Morgan fingerprint density at radius 3 is 2.42 bits per heavy atom. The molecule has 0 saturated carbocycles. The van der Waals surface area contributed by atoms with E-state index in [0.717, 1.165) is 24.1 Å². The lowest BCUT2D eigenvalue weighted by Crippen LogP contribution is -2.42. The van der Waals surface area contributed by atoms with Crippen LogP contribution < -0.4 is 10.1 Å². The zero-order valence-electron chi connectivity index (χ0n) is 22.4. The Morgan fingerprint density at radius 2 is 1.79 bits per heavy atom. The van der Waals surface area contributed by atoms with Gasteiger partial charge in [0.25, 0.3) is 0 Å². The number of nitrogens with one attached hydrogen (secondary N) is 1. The van der Waals surface area contributed by atoms with Crippen molar-refractivity contribution in [1.82, 2.24) is 24.6 Å². The van der Waals surface area contributed by atoms with Crippen LogP contribution in [0, 0.1) is 18.6 Å². The van der Waals surface area contributed by atoms with Gasteiger partial charge >= 0.3 is 6.09 Å². The second kappa shape index (κ2) is 11.3. The van der Waals surface area contributed by atoms with Gasteiger partial charge in [-0.05, 0) is 70.6 Å². The number of carbonyl (C=O) groups is 1. The molecule has 1 amide bonds. The van der Waals surface area contributed by atoms with Gasteiger partial charge in [0.15, 0.2) is 11.6 Å². The number of benzene rings is 1. The molecule has 0 radical (unpaired) electrons. The molecule has 0 aliphatic carbocycles. The van der Waals surface area contributed by atoms with Gasteiger partial charge in [0, 0.05) is 37.2 Å². The number of anilines is 2. The number of amides is 1. The van der Waals surface area contributed by atoms with E-state index in [4.69, 9.17) is 9.47 Å². The van der Waals surface area contributed by atoms with E-state index in [1.165, 1.54) is 13.2 Å². The van der Waals surface area contributed by atoms with E-state index in [-0.39, 0.29) is 29.9 Å². The van der Waals surface area contributed by atoms with E-state index in [1.54, 1.807) is 30.4 Å². The summed E-state index contributed by atoms with van der Waals surface area (Å²) in [5.74, 6) is -0.816. The van der Waals surface area contributed by atoms with Crippen LogP contribution in [0.15, 0.2) is 30.9 Å². The first-order chi connectivity index (χ1) is 18.0. The van der Waals surface area contributed by atoms with Gasteiger partial charge in [-0.2, -0.15) is 5.10 Å². The number of carbonyl (C=O) groups excluding carboxylic acids is 1. The molecule has 0 unspecified atom stereocenters. The summed E-state index contributed by atoms with van der Waals surface area (Å²) in [4.78, 5) is 22.7. The minimum atomic E-state index is -0.678. The number of hydrogen-bond acceptors (Lipinski definition) is 7. The van der Waals surface area contributed by atoms with Crippen LogP contribution in [0.4, 0.5) is 25.2 Å². The van der Waals surface area contributed by atoms with Crippen LogP contribution in [-0.4, -0.2) is 56.5 Å². The number of hydrogen-bond donors (Lipinski definition) is 1. The summed E-state index contributed by atoms with van der Waals surface area (Å²) in [5.41, 5.74) is 1.31. The van der Waals surface area contributed by atoms with Crippen molar-refractivity contribution in [2.75, 3.05) is 25.5 Å². The first-order valence-corrected chi connectivity index (χ1v) is 12.7. The molecule has 3 heterocycles. The number of ether oxygens (including phenoxy) is 2. The van der Waals surface area contributed by atoms with Gasteiger partial charge in [-0.3, -0.25) is 4.68 Å². The first kappa shape index (κ1) is 27.3. The van der Waals surface area contributed by atoms with Gasteiger partial charge in [0.1, 0.15) is 11.4 Å². The third kappa shape index (κ3) is 6.56. The van der Waals surface area contributed by atoms with Gasteiger partial charge in [-0.1, -0.05) is 0 Å². The molecule has 38 heavy (non-hydrogen) atoms. The normalized spacial score (nSPS) is 14.4. The van der Waals surface area contributed by atoms with Crippen molar-refractivity contribution in [3.8, 4) is 5.75 Å². The summed E-state index contributed by atoms with van der Waals surface area (Å²) < 4.78 is 41.4. The quantitative estimate of drug-likeness (QED) is 0.441. The molecule has 204 valence electrons. The molecule has 11 heteroatoms. The molecule has 9 nitrogen and oxygen atoms in total. The molecule has 0 bridgehead atoms. The standard InChI is InChI=1S/C27H34F2N6O3/c1-17-12-22(37-5)24(29)21(23(17)28)7-6-18-13-30-25(31-14-18)33-19-15-32-35(16-19)20-8-10-34(11-9-20)26(36)38-27(2,3)4/h12-16,20H,6-11H2,1-5H3,(H,30,31,33). The lowest BCUT2D eigenvalue weighted by atomic mass is 10.0. The summed E-state index contributed by atoms with van der Waals surface area (Å²) in [6.07, 6.45) is 8.67. The van der Waals surface area contributed by atoms with Crippen molar-refractivity contribution in [3.05, 3.63) is 59.2 Å². The predicted molar refractivity (Wildman–Crippen MR) is 139 cm³/mol. The molecule has 1 fully saturated rings. The molecule has 4 rings (SSSR count). The third-order valence-corrected chi connectivity index (χ3v) is 6.38. The number of piperidine rings is 1. The largest absolute Gasteiger partial charge is 0.494 e. The van der Waals surface area contributed by atoms with Crippen molar-refractivity contribution in [2.45, 2.75) is 65.0 Å². The second-order valence-electron chi connectivity index (χ2n) is 10.4. The fourth-order valence-corrected chi connectivity index (χ4v) is 4.36. The van der Waals surface area contributed by atoms with Crippen LogP contribution >= 0.6 is 0 Å². The molecule has 1 saturated heterocycles. The lowest BCUT2D eigenvalue weighted by molar-refractivity contribution is 0.0185. The fraction of sp³-hybridized carbons (Fsp3) is 0.481. The second-order valence-corrected chi connectivity index (χ2v) is 10.4. The summed E-state index contributed by atoms with van der Waals surface area (Å²) in [6.45, 7) is 8.38. The maximum absolute atomic E-state index is 14.5. The van der Waals surface area contributed by atoms with Crippen LogP contribution in [0.3, 0.4) is 0 Å². The molecule has 1 aliphatic rings. The highest BCUT2D eigenvalue weighted by molar-refractivity contribution is 5.68. The molecule has 1 aliphatic heterocycles. The number of methoxy groups -OCH3 is 1. The van der Waals surface area contributed by atoms with Gasteiger partial charge in [0.05, 0.1) is 25.0 Å². The van der Waals surface area contributed by atoms with Crippen molar-refractivity contribution in [2.24, 2.45) is 0 Å². The van der Waals surface area contributed by atoms with Gasteiger partial charge in [0.2, 0.25) is 5.95 Å². The molecule has 1 N–H and O–H groups in total. The van der Waals surface area contributed by atoms with Crippen molar-refractivity contribution >= 4 is 17.7 Å². The van der Waals surface area contributed by atoms with Crippen LogP contribution in [0.25, 0.3) is 0 Å². The topological polar surface area (TPSA) is 94.4 Å². The van der Waals surface area contributed by atoms with E-state index in [9.17, 15) is 13.6 Å². The zero-order valence-corrected chi connectivity index (χ0v) is 22.4. The maximum atomic E-state index is 14.5. The van der Waals surface area contributed by atoms with E-state index in [0.29, 0.717) is 31.0 Å². The molecular weight excluding hydrogens is 494 g/mol. The Labute approximate surface area is 221 Å². The van der Waals surface area contributed by atoms with Crippen molar-refractivity contribution in [1.29, 1.82) is 0 Å². The maximum Gasteiger partial charge on any atom is 0.410 e. The smallest absolute Gasteiger partial charge is 0.410 e. The first-order valence-electron chi connectivity index (χ1n) is 12.7. The van der Waals surface area contributed by atoms with E-state index >= 15 is 0 Å². The van der Waals surface area contributed by atoms with E-state index in [2.05, 4.69) is 20.4 Å². The van der Waals surface area contributed by atoms with Crippen LogP contribution in [-0.2, 0) is 17.6 Å². The summed E-state index contributed by atoms with van der Waals surface area (Å²) in [7, 11) is 1.36. The summed E-state index contributed by atoms with van der Waals surface area (Å²) in [6, 6.07) is 1.53. The SMILES string of the molecule is COc1cc(C)c(F)c(CCc2cnc(Nc3cnn(C4CCN(C(=O)OC(C)(C)C)CC4)c3)nc2)c1F. The molecule has 2 aromatic heterocycles. The van der Waals surface area contributed by atoms with E-state index in [1.807, 2.05) is 31.6 Å². The number of aromatic nitrogens is 4. The molecular formula is C27H34F2N6O3. The minimum absolute atomic E-state index is 0.00612. The highest BCUT2D eigenvalue weighted by atomic mass is 19.1. The Bertz CT molecular complexity index is 1270. The Balaban J connectivity index is 1.30.